The molecule has 0 radical (unpaired) electrons. The van der Waals surface area contributed by atoms with Gasteiger partial charge in [0.25, 0.3) is 11.8 Å². The number of benzene rings is 2. The van der Waals surface area contributed by atoms with Gasteiger partial charge < -0.3 is 10.1 Å². The highest BCUT2D eigenvalue weighted by molar-refractivity contribution is 6.53. The molecule has 0 aliphatic carbocycles. The molecule has 2 aromatic rings. The number of carbonyl (C=O) groups excluding carboxylic acids is 3. The average Bonchev–Trinajstić information content (AvgIpc) is 2.86. The van der Waals surface area contributed by atoms with Gasteiger partial charge in [-0.1, -0.05) is 29.3 Å². The van der Waals surface area contributed by atoms with Crippen molar-refractivity contribution in [2.24, 2.45) is 0 Å². The SMILES string of the molecule is COC(=O)c1ccc(N2C(=O)C(Cl)=C(Nc3ccc(C)cc3)C2=O)cc1. The summed E-state index contributed by atoms with van der Waals surface area (Å²) in [5.41, 5.74) is 2.35. The van der Waals surface area contributed by atoms with Crippen molar-refractivity contribution in [3.8, 4) is 0 Å². The van der Waals surface area contributed by atoms with Gasteiger partial charge in [-0.2, -0.15) is 0 Å². The monoisotopic (exact) mass is 370 g/mol. The van der Waals surface area contributed by atoms with Crippen LogP contribution in [0.2, 0.25) is 0 Å². The van der Waals surface area contributed by atoms with Crippen LogP contribution < -0.4 is 10.2 Å². The molecule has 2 amide bonds. The number of imide groups is 1. The lowest BCUT2D eigenvalue weighted by Gasteiger charge is -2.15. The number of ether oxygens (including phenoxy) is 1. The fourth-order valence-electron chi connectivity index (χ4n) is 2.49. The highest BCUT2D eigenvalue weighted by Gasteiger charge is 2.38. The Labute approximate surface area is 155 Å². The molecule has 0 atom stereocenters. The minimum absolute atomic E-state index is 0.0116. The molecule has 26 heavy (non-hydrogen) atoms. The van der Waals surface area contributed by atoms with Crippen LogP contribution in [0.5, 0.6) is 0 Å². The van der Waals surface area contributed by atoms with Gasteiger partial charge in [-0.15, -0.1) is 0 Å². The van der Waals surface area contributed by atoms with E-state index in [1.165, 1.54) is 31.4 Å². The van der Waals surface area contributed by atoms with Gasteiger partial charge in [0.1, 0.15) is 10.7 Å². The summed E-state index contributed by atoms with van der Waals surface area (Å²) >= 11 is 6.08. The maximum atomic E-state index is 12.7. The molecular formula is C19H15ClN2O4. The van der Waals surface area contributed by atoms with E-state index in [9.17, 15) is 14.4 Å². The molecule has 6 nitrogen and oxygen atoms in total. The Morgan fingerprint density at radius 1 is 1.00 bits per heavy atom. The largest absolute Gasteiger partial charge is 0.465 e. The highest BCUT2D eigenvalue weighted by atomic mass is 35.5. The minimum atomic E-state index is -0.628. The number of carbonyl (C=O) groups is 3. The Morgan fingerprint density at radius 2 is 1.62 bits per heavy atom. The number of amides is 2. The normalized spacial score (nSPS) is 14.0. The molecule has 0 unspecified atom stereocenters. The first-order valence-corrected chi connectivity index (χ1v) is 8.11. The third-order valence-corrected chi connectivity index (χ3v) is 4.25. The Hall–Kier alpha value is -3.12. The summed E-state index contributed by atoms with van der Waals surface area (Å²) in [5.74, 6) is -1.70. The first-order chi connectivity index (χ1) is 12.4. The molecule has 1 aliphatic rings. The van der Waals surface area contributed by atoms with Crippen LogP contribution in [0.3, 0.4) is 0 Å². The third kappa shape index (κ3) is 3.19. The van der Waals surface area contributed by atoms with E-state index < -0.39 is 17.8 Å². The van der Waals surface area contributed by atoms with Gasteiger partial charge in [0.15, 0.2) is 0 Å². The first kappa shape index (κ1) is 17.7. The van der Waals surface area contributed by atoms with Gasteiger partial charge in [0, 0.05) is 5.69 Å². The standard InChI is InChI=1S/C19H15ClN2O4/c1-11-3-7-13(8-4-11)21-16-15(20)17(23)22(18(16)24)14-9-5-12(6-10-14)19(25)26-2/h3-10,21H,1-2H3. The van der Waals surface area contributed by atoms with Crippen LogP contribution in [0.15, 0.2) is 59.3 Å². The Kier molecular flexibility index (Phi) is 4.77. The van der Waals surface area contributed by atoms with Crippen LogP contribution in [0.1, 0.15) is 15.9 Å². The van der Waals surface area contributed by atoms with Crippen LogP contribution in [-0.2, 0) is 14.3 Å². The number of aryl methyl sites for hydroxylation is 1. The second kappa shape index (κ2) is 7.01. The van der Waals surface area contributed by atoms with Crippen molar-refractivity contribution < 1.29 is 19.1 Å². The summed E-state index contributed by atoms with van der Waals surface area (Å²) < 4.78 is 4.63. The van der Waals surface area contributed by atoms with E-state index >= 15 is 0 Å². The molecule has 0 aromatic heterocycles. The Morgan fingerprint density at radius 3 is 2.19 bits per heavy atom. The van der Waals surface area contributed by atoms with E-state index in [1.807, 2.05) is 19.1 Å². The molecule has 1 aliphatic heterocycles. The molecule has 0 bridgehead atoms. The summed E-state index contributed by atoms with van der Waals surface area (Å²) in [6.07, 6.45) is 0. The Balaban J connectivity index is 1.85. The molecular weight excluding hydrogens is 356 g/mol. The topological polar surface area (TPSA) is 75.7 Å². The van der Waals surface area contributed by atoms with Gasteiger partial charge >= 0.3 is 5.97 Å². The predicted molar refractivity (Wildman–Crippen MR) is 98.0 cm³/mol. The first-order valence-electron chi connectivity index (χ1n) is 7.73. The molecule has 0 saturated carbocycles. The van der Waals surface area contributed by atoms with Crippen LogP contribution >= 0.6 is 11.6 Å². The van der Waals surface area contributed by atoms with Crippen LogP contribution in [0.4, 0.5) is 11.4 Å². The van der Waals surface area contributed by atoms with E-state index in [0.717, 1.165) is 10.5 Å². The Bertz CT molecular complexity index is 918. The number of hydrogen-bond donors (Lipinski definition) is 1. The lowest BCUT2D eigenvalue weighted by molar-refractivity contribution is -0.120. The number of hydrogen-bond acceptors (Lipinski definition) is 5. The van der Waals surface area contributed by atoms with E-state index in [2.05, 4.69) is 10.1 Å². The van der Waals surface area contributed by atoms with Crippen molar-refractivity contribution >= 4 is 40.8 Å². The second-order valence-corrected chi connectivity index (χ2v) is 6.04. The van der Waals surface area contributed by atoms with Crippen molar-refractivity contribution in [1.82, 2.24) is 0 Å². The fourth-order valence-corrected chi connectivity index (χ4v) is 2.70. The fraction of sp³-hybridized carbons (Fsp3) is 0.105. The maximum absolute atomic E-state index is 12.7. The molecule has 0 saturated heterocycles. The van der Waals surface area contributed by atoms with Crippen LogP contribution in [0.25, 0.3) is 0 Å². The molecule has 3 rings (SSSR count). The van der Waals surface area contributed by atoms with Gasteiger partial charge in [0.05, 0.1) is 18.4 Å². The van der Waals surface area contributed by atoms with Crippen molar-refractivity contribution in [1.29, 1.82) is 0 Å². The highest BCUT2D eigenvalue weighted by Crippen LogP contribution is 2.30. The molecule has 0 spiro atoms. The van der Waals surface area contributed by atoms with Crippen LogP contribution in [0, 0.1) is 6.92 Å². The van der Waals surface area contributed by atoms with Gasteiger partial charge in [-0.25, -0.2) is 9.69 Å². The number of nitrogens with zero attached hydrogens (tertiary/aromatic N) is 1. The van der Waals surface area contributed by atoms with E-state index in [0.29, 0.717) is 16.9 Å². The van der Waals surface area contributed by atoms with Gasteiger partial charge in [-0.3, -0.25) is 9.59 Å². The van der Waals surface area contributed by atoms with Crippen molar-refractivity contribution in [2.75, 3.05) is 17.3 Å². The molecule has 1 heterocycles. The summed E-state index contributed by atoms with van der Waals surface area (Å²) in [6, 6.07) is 13.3. The molecule has 1 N–H and O–H groups in total. The number of methoxy groups -OCH3 is 1. The van der Waals surface area contributed by atoms with Crippen LogP contribution in [-0.4, -0.2) is 24.9 Å². The van der Waals surface area contributed by atoms with Crippen molar-refractivity contribution in [3.05, 3.63) is 70.4 Å². The number of anilines is 2. The molecule has 7 heteroatoms. The lowest BCUT2D eigenvalue weighted by atomic mass is 10.2. The smallest absolute Gasteiger partial charge is 0.337 e. The number of esters is 1. The minimum Gasteiger partial charge on any atom is -0.465 e. The van der Waals surface area contributed by atoms with Gasteiger partial charge in [-0.05, 0) is 43.3 Å². The summed E-state index contributed by atoms with van der Waals surface area (Å²) in [4.78, 5) is 37.6. The molecule has 0 fully saturated rings. The van der Waals surface area contributed by atoms with E-state index in [-0.39, 0.29) is 10.7 Å². The zero-order valence-corrected chi connectivity index (χ0v) is 14.8. The number of halogens is 1. The quantitative estimate of drug-likeness (QED) is 0.660. The van der Waals surface area contributed by atoms with Crippen molar-refractivity contribution in [2.45, 2.75) is 6.92 Å². The zero-order valence-electron chi connectivity index (χ0n) is 14.1. The third-order valence-electron chi connectivity index (χ3n) is 3.89. The average molecular weight is 371 g/mol. The summed E-state index contributed by atoms with van der Waals surface area (Å²) in [7, 11) is 1.27. The summed E-state index contributed by atoms with van der Waals surface area (Å²) in [6.45, 7) is 1.94. The second-order valence-electron chi connectivity index (χ2n) is 5.66. The van der Waals surface area contributed by atoms with E-state index in [1.54, 1.807) is 12.1 Å². The molecule has 132 valence electrons. The predicted octanol–water partition coefficient (Wildman–Crippen LogP) is 3.22. The van der Waals surface area contributed by atoms with Gasteiger partial charge in [0.2, 0.25) is 0 Å². The van der Waals surface area contributed by atoms with E-state index in [4.69, 9.17) is 11.6 Å². The summed E-state index contributed by atoms with van der Waals surface area (Å²) in [5, 5.41) is 2.71. The molecule has 2 aromatic carbocycles. The maximum Gasteiger partial charge on any atom is 0.337 e. The zero-order chi connectivity index (χ0) is 18.8. The number of rotatable bonds is 4. The number of nitrogens with one attached hydrogen (secondary N) is 1. The lowest BCUT2D eigenvalue weighted by Crippen LogP contribution is -2.32. The van der Waals surface area contributed by atoms with Crippen molar-refractivity contribution in [3.63, 3.8) is 0 Å².